The van der Waals surface area contributed by atoms with E-state index in [1.54, 1.807) is 13.8 Å². The fourth-order valence-corrected chi connectivity index (χ4v) is 0.886. The average molecular weight is 182 g/mol. The molecule has 0 unspecified atom stereocenters. The van der Waals surface area contributed by atoms with Gasteiger partial charge in [0.15, 0.2) is 0 Å². The standard InChI is InChI=1S/C5H14N2O3S/c1-5(2,8)3-4-7-11(6,9)10/h7-8H,3-4H2,1-2H3,(H2,6,9,10). The van der Waals surface area contributed by atoms with Gasteiger partial charge in [-0.1, -0.05) is 0 Å². The van der Waals surface area contributed by atoms with Crippen molar-refractivity contribution in [1.82, 2.24) is 4.72 Å². The summed E-state index contributed by atoms with van der Waals surface area (Å²) in [5.41, 5.74) is -0.863. The molecule has 68 valence electrons. The maximum atomic E-state index is 10.3. The molecule has 0 bridgehead atoms. The van der Waals surface area contributed by atoms with Crippen LogP contribution in [-0.2, 0) is 10.2 Å². The molecular weight excluding hydrogens is 168 g/mol. The van der Waals surface area contributed by atoms with Crippen molar-refractivity contribution in [2.75, 3.05) is 6.54 Å². The van der Waals surface area contributed by atoms with E-state index in [4.69, 9.17) is 5.11 Å². The van der Waals surface area contributed by atoms with Crippen molar-refractivity contribution in [1.29, 1.82) is 0 Å². The van der Waals surface area contributed by atoms with Gasteiger partial charge in [-0.2, -0.15) is 8.42 Å². The molecule has 5 nitrogen and oxygen atoms in total. The molecule has 0 rings (SSSR count). The summed E-state index contributed by atoms with van der Waals surface area (Å²) in [6.07, 6.45) is 0.337. The summed E-state index contributed by atoms with van der Waals surface area (Å²) >= 11 is 0. The van der Waals surface area contributed by atoms with E-state index in [-0.39, 0.29) is 6.54 Å². The van der Waals surface area contributed by atoms with E-state index in [9.17, 15) is 8.42 Å². The summed E-state index contributed by atoms with van der Waals surface area (Å²) in [5, 5.41) is 13.8. The van der Waals surface area contributed by atoms with Crippen LogP contribution in [0.15, 0.2) is 0 Å². The van der Waals surface area contributed by atoms with Gasteiger partial charge in [0.25, 0.3) is 10.2 Å². The molecule has 0 fully saturated rings. The number of hydrogen-bond donors (Lipinski definition) is 3. The number of rotatable bonds is 4. The molecule has 0 aromatic heterocycles. The summed E-state index contributed by atoms with van der Waals surface area (Å²) in [6, 6.07) is 0. The Morgan fingerprint density at radius 3 is 2.27 bits per heavy atom. The molecule has 6 heteroatoms. The zero-order valence-electron chi connectivity index (χ0n) is 6.66. The Morgan fingerprint density at radius 1 is 1.55 bits per heavy atom. The smallest absolute Gasteiger partial charge is 0.274 e. The first-order valence-electron chi connectivity index (χ1n) is 3.20. The molecule has 4 N–H and O–H groups in total. The lowest BCUT2D eigenvalue weighted by atomic mass is 10.1. The Morgan fingerprint density at radius 2 is 2.00 bits per heavy atom. The van der Waals surface area contributed by atoms with Gasteiger partial charge >= 0.3 is 0 Å². The molecule has 0 saturated carbocycles. The molecule has 0 spiro atoms. The first kappa shape index (κ1) is 10.8. The van der Waals surface area contributed by atoms with Crippen LogP contribution in [-0.4, -0.2) is 25.7 Å². The van der Waals surface area contributed by atoms with Gasteiger partial charge in [-0.25, -0.2) is 9.86 Å². The quantitative estimate of drug-likeness (QED) is 0.517. The van der Waals surface area contributed by atoms with Crippen LogP contribution < -0.4 is 9.86 Å². The summed E-state index contributed by atoms with van der Waals surface area (Å²) in [6.45, 7) is 3.35. The molecule has 0 amide bonds. The highest BCUT2D eigenvalue weighted by atomic mass is 32.2. The molecule has 0 aromatic carbocycles. The van der Waals surface area contributed by atoms with Gasteiger partial charge in [0.2, 0.25) is 0 Å². The summed E-state index contributed by atoms with van der Waals surface area (Å²) in [5.74, 6) is 0. The zero-order chi connectivity index (χ0) is 9.12. The largest absolute Gasteiger partial charge is 0.390 e. The molecule has 0 aliphatic heterocycles. The SMILES string of the molecule is CC(C)(O)CCNS(N)(=O)=O. The van der Waals surface area contributed by atoms with Crippen molar-refractivity contribution in [3.8, 4) is 0 Å². The first-order valence-corrected chi connectivity index (χ1v) is 4.75. The summed E-state index contributed by atoms with van der Waals surface area (Å²) in [4.78, 5) is 0. The Labute approximate surface area is 66.8 Å². The third-order valence-electron chi connectivity index (χ3n) is 1.04. The van der Waals surface area contributed by atoms with Gasteiger partial charge < -0.3 is 5.11 Å². The van der Waals surface area contributed by atoms with E-state index in [0.717, 1.165) is 0 Å². The van der Waals surface area contributed by atoms with E-state index < -0.39 is 15.8 Å². The number of nitrogens with one attached hydrogen (secondary N) is 1. The highest BCUT2D eigenvalue weighted by Crippen LogP contribution is 2.04. The topological polar surface area (TPSA) is 92.4 Å². The van der Waals surface area contributed by atoms with Gasteiger partial charge in [0.1, 0.15) is 0 Å². The van der Waals surface area contributed by atoms with Crippen LogP contribution in [0.1, 0.15) is 20.3 Å². The molecule has 0 aromatic rings. The highest BCUT2D eigenvalue weighted by Gasteiger charge is 2.12. The summed E-state index contributed by atoms with van der Waals surface area (Å²) in [7, 11) is -3.61. The fraction of sp³-hybridized carbons (Fsp3) is 1.00. The van der Waals surface area contributed by atoms with E-state index in [1.807, 2.05) is 0 Å². The van der Waals surface area contributed by atoms with E-state index in [2.05, 4.69) is 9.86 Å². The molecule has 0 heterocycles. The van der Waals surface area contributed by atoms with Gasteiger partial charge in [0, 0.05) is 6.54 Å². The van der Waals surface area contributed by atoms with Crippen LogP contribution in [0.2, 0.25) is 0 Å². The minimum Gasteiger partial charge on any atom is -0.390 e. The Kier molecular flexibility index (Phi) is 3.43. The molecule has 11 heavy (non-hydrogen) atoms. The minimum absolute atomic E-state index is 0.155. The second-order valence-corrected chi connectivity index (χ2v) is 4.38. The number of hydrogen-bond acceptors (Lipinski definition) is 3. The molecule has 0 atom stereocenters. The average Bonchev–Trinajstić information content (AvgIpc) is 1.55. The lowest BCUT2D eigenvalue weighted by Crippen LogP contribution is -2.34. The van der Waals surface area contributed by atoms with Crippen LogP contribution in [0.4, 0.5) is 0 Å². The molecular formula is C5H14N2O3S. The Balaban J connectivity index is 3.61. The van der Waals surface area contributed by atoms with Crippen molar-refractivity contribution in [3.63, 3.8) is 0 Å². The van der Waals surface area contributed by atoms with Crippen LogP contribution in [0.5, 0.6) is 0 Å². The molecule has 0 radical (unpaired) electrons. The second kappa shape index (κ2) is 3.48. The first-order chi connectivity index (χ1) is 4.71. The van der Waals surface area contributed by atoms with Crippen LogP contribution in [0.25, 0.3) is 0 Å². The zero-order valence-corrected chi connectivity index (χ0v) is 7.48. The highest BCUT2D eigenvalue weighted by molar-refractivity contribution is 7.87. The Hall–Kier alpha value is -0.170. The third kappa shape index (κ3) is 9.83. The van der Waals surface area contributed by atoms with Crippen molar-refractivity contribution in [2.45, 2.75) is 25.9 Å². The lowest BCUT2D eigenvalue weighted by Gasteiger charge is -2.15. The van der Waals surface area contributed by atoms with E-state index >= 15 is 0 Å². The fourth-order valence-electron chi connectivity index (χ4n) is 0.499. The van der Waals surface area contributed by atoms with Crippen LogP contribution >= 0.6 is 0 Å². The van der Waals surface area contributed by atoms with Crippen LogP contribution in [0.3, 0.4) is 0 Å². The van der Waals surface area contributed by atoms with E-state index in [1.165, 1.54) is 0 Å². The van der Waals surface area contributed by atoms with Crippen molar-refractivity contribution in [2.24, 2.45) is 5.14 Å². The Bertz CT molecular complexity index is 204. The van der Waals surface area contributed by atoms with Crippen LogP contribution in [0, 0.1) is 0 Å². The van der Waals surface area contributed by atoms with Gasteiger partial charge in [0.05, 0.1) is 5.60 Å². The van der Waals surface area contributed by atoms with E-state index in [0.29, 0.717) is 6.42 Å². The normalized spacial score (nSPS) is 13.5. The maximum Gasteiger partial charge on any atom is 0.274 e. The van der Waals surface area contributed by atoms with Gasteiger partial charge in [-0.05, 0) is 20.3 Å². The van der Waals surface area contributed by atoms with Crippen molar-refractivity contribution >= 4 is 10.2 Å². The molecule has 0 saturated heterocycles. The summed E-state index contributed by atoms with van der Waals surface area (Å²) < 4.78 is 22.7. The van der Waals surface area contributed by atoms with Crippen molar-refractivity contribution < 1.29 is 13.5 Å². The predicted octanol–water partition coefficient (Wildman–Crippen LogP) is -1.06. The predicted molar refractivity (Wildman–Crippen MR) is 42.0 cm³/mol. The number of nitrogens with two attached hydrogens (primary N) is 1. The number of aliphatic hydroxyl groups is 1. The second-order valence-electron chi connectivity index (χ2n) is 3.00. The third-order valence-corrected chi connectivity index (χ3v) is 1.65. The van der Waals surface area contributed by atoms with Gasteiger partial charge in [-0.3, -0.25) is 0 Å². The maximum absolute atomic E-state index is 10.3. The molecule has 0 aliphatic carbocycles. The lowest BCUT2D eigenvalue weighted by molar-refractivity contribution is 0.0728. The monoisotopic (exact) mass is 182 g/mol. The molecule has 0 aliphatic rings. The van der Waals surface area contributed by atoms with Crippen molar-refractivity contribution in [3.05, 3.63) is 0 Å². The van der Waals surface area contributed by atoms with Gasteiger partial charge in [-0.15, -0.1) is 0 Å². The minimum atomic E-state index is -3.61.